The number of pyridine rings is 2. The molecule has 3 rings (SSSR count). The van der Waals surface area contributed by atoms with Crippen molar-refractivity contribution in [3.8, 4) is 17.1 Å². The molecule has 2 heterocycles. The van der Waals surface area contributed by atoms with Crippen molar-refractivity contribution in [2.75, 3.05) is 7.11 Å². The smallest absolute Gasteiger partial charge is 0.222 e. The molecule has 112 valence electrons. The van der Waals surface area contributed by atoms with Gasteiger partial charge in [-0.1, -0.05) is 11.6 Å². The highest BCUT2D eigenvalue weighted by molar-refractivity contribution is 6.36. The zero-order valence-electron chi connectivity index (χ0n) is 11.8. The number of rotatable bonds is 2. The summed E-state index contributed by atoms with van der Waals surface area (Å²) < 4.78 is 32.6. The third-order valence-corrected chi connectivity index (χ3v) is 3.86. The van der Waals surface area contributed by atoms with Gasteiger partial charge in [-0.2, -0.15) is 0 Å². The highest BCUT2D eigenvalue weighted by Crippen LogP contribution is 2.37. The van der Waals surface area contributed by atoms with E-state index in [1.54, 1.807) is 25.3 Å². The van der Waals surface area contributed by atoms with Crippen molar-refractivity contribution >= 4 is 22.5 Å². The van der Waals surface area contributed by atoms with Gasteiger partial charge in [0.1, 0.15) is 11.6 Å². The minimum absolute atomic E-state index is 0.104. The van der Waals surface area contributed by atoms with E-state index in [2.05, 4.69) is 9.97 Å². The van der Waals surface area contributed by atoms with Crippen molar-refractivity contribution in [1.29, 1.82) is 0 Å². The SMILES string of the molecule is COc1ncccc1-c1nc2cc(F)cc(F)c2c(Cl)c1C. The zero-order valence-corrected chi connectivity index (χ0v) is 12.6. The van der Waals surface area contributed by atoms with Crippen LogP contribution in [0.2, 0.25) is 5.02 Å². The Morgan fingerprint density at radius 3 is 2.73 bits per heavy atom. The van der Waals surface area contributed by atoms with E-state index in [9.17, 15) is 8.78 Å². The summed E-state index contributed by atoms with van der Waals surface area (Å²) >= 11 is 6.27. The largest absolute Gasteiger partial charge is 0.481 e. The van der Waals surface area contributed by atoms with Gasteiger partial charge in [0.25, 0.3) is 0 Å². The van der Waals surface area contributed by atoms with E-state index in [0.717, 1.165) is 12.1 Å². The maximum Gasteiger partial charge on any atom is 0.222 e. The summed E-state index contributed by atoms with van der Waals surface area (Å²) in [6.07, 6.45) is 1.58. The summed E-state index contributed by atoms with van der Waals surface area (Å²) in [5, 5.41) is 0.301. The molecule has 0 aliphatic rings. The molecule has 3 aromatic rings. The zero-order chi connectivity index (χ0) is 15.9. The van der Waals surface area contributed by atoms with Crippen molar-refractivity contribution < 1.29 is 13.5 Å². The molecule has 0 aliphatic carbocycles. The van der Waals surface area contributed by atoms with E-state index in [1.807, 2.05) is 0 Å². The molecule has 6 heteroatoms. The van der Waals surface area contributed by atoms with E-state index in [-0.39, 0.29) is 15.9 Å². The minimum Gasteiger partial charge on any atom is -0.481 e. The van der Waals surface area contributed by atoms with E-state index >= 15 is 0 Å². The molecule has 0 N–H and O–H groups in total. The molecule has 0 bridgehead atoms. The number of fused-ring (bicyclic) bond motifs is 1. The van der Waals surface area contributed by atoms with E-state index in [1.165, 1.54) is 7.11 Å². The molecule has 0 radical (unpaired) electrons. The molecule has 22 heavy (non-hydrogen) atoms. The van der Waals surface area contributed by atoms with Gasteiger partial charge < -0.3 is 4.74 Å². The molecular weight excluding hydrogens is 310 g/mol. The van der Waals surface area contributed by atoms with E-state index in [4.69, 9.17) is 16.3 Å². The average molecular weight is 321 g/mol. The van der Waals surface area contributed by atoms with Crippen molar-refractivity contribution in [2.24, 2.45) is 0 Å². The lowest BCUT2D eigenvalue weighted by atomic mass is 10.0. The van der Waals surface area contributed by atoms with Crippen LogP contribution < -0.4 is 4.74 Å². The number of methoxy groups -OCH3 is 1. The Morgan fingerprint density at radius 1 is 1.23 bits per heavy atom. The fraction of sp³-hybridized carbons (Fsp3) is 0.125. The quantitative estimate of drug-likeness (QED) is 0.695. The molecule has 0 saturated carbocycles. The highest BCUT2D eigenvalue weighted by atomic mass is 35.5. The second kappa shape index (κ2) is 5.50. The first-order valence-electron chi connectivity index (χ1n) is 6.47. The summed E-state index contributed by atoms with van der Waals surface area (Å²) in [7, 11) is 1.49. The summed E-state index contributed by atoms with van der Waals surface area (Å²) in [6, 6.07) is 5.43. The number of benzene rings is 1. The minimum atomic E-state index is -0.736. The summed E-state index contributed by atoms with van der Waals surface area (Å²) in [5.74, 6) is -1.08. The van der Waals surface area contributed by atoms with Crippen LogP contribution in [0.15, 0.2) is 30.5 Å². The van der Waals surface area contributed by atoms with Crippen molar-refractivity contribution in [3.05, 3.63) is 52.7 Å². The number of hydrogen-bond acceptors (Lipinski definition) is 3. The molecule has 0 amide bonds. The van der Waals surface area contributed by atoms with Crippen LogP contribution in [0.3, 0.4) is 0 Å². The van der Waals surface area contributed by atoms with Gasteiger partial charge in [-0.15, -0.1) is 0 Å². The first-order valence-corrected chi connectivity index (χ1v) is 6.85. The predicted molar refractivity (Wildman–Crippen MR) is 81.2 cm³/mol. The van der Waals surface area contributed by atoms with Gasteiger partial charge in [-0.3, -0.25) is 0 Å². The normalized spacial score (nSPS) is 11.0. The highest BCUT2D eigenvalue weighted by Gasteiger charge is 2.18. The van der Waals surface area contributed by atoms with Crippen molar-refractivity contribution in [3.63, 3.8) is 0 Å². The number of nitrogens with zero attached hydrogens (tertiary/aromatic N) is 2. The van der Waals surface area contributed by atoms with Crippen LogP contribution in [0.1, 0.15) is 5.56 Å². The Morgan fingerprint density at radius 2 is 2.00 bits per heavy atom. The van der Waals surface area contributed by atoms with E-state index in [0.29, 0.717) is 22.7 Å². The molecule has 1 aromatic carbocycles. The summed E-state index contributed by atoms with van der Waals surface area (Å²) in [6.45, 7) is 1.72. The monoisotopic (exact) mass is 320 g/mol. The Hall–Kier alpha value is -2.27. The fourth-order valence-corrected chi connectivity index (χ4v) is 2.63. The Labute approximate surface area is 130 Å². The lowest BCUT2D eigenvalue weighted by Gasteiger charge is -2.13. The maximum absolute atomic E-state index is 14.0. The first kappa shape index (κ1) is 14.7. The molecule has 0 unspecified atom stereocenters. The van der Waals surface area contributed by atoms with Crippen LogP contribution >= 0.6 is 11.6 Å². The fourth-order valence-electron chi connectivity index (χ4n) is 2.36. The molecule has 0 saturated heterocycles. The molecular formula is C16H11ClF2N2O. The Kier molecular flexibility index (Phi) is 3.66. The van der Waals surface area contributed by atoms with Gasteiger partial charge in [0.2, 0.25) is 5.88 Å². The Bertz CT molecular complexity index is 884. The maximum atomic E-state index is 14.0. The average Bonchev–Trinajstić information content (AvgIpc) is 2.50. The molecule has 3 nitrogen and oxygen atoms in total. The Balaban J connectivity index is 2.39. The van der Waals surface area contributed by atoms with Crippen LogP contribution in [0, 0.1) is 18.6 Å². The summed E-state index contributed by atoms with van der Waals surface area (Å²) in [5.41, 5.74) is 1.81. The molecule has 2 aromatic heterocycles. The van der Waals surface area contributed by atoms with Gasteiger partial charge in [0, 0.05) is 18.3 Å². The van der Waals surface area contributed by atoms with Gasteiger partial charge in [0.05, 0.1) is 34.3 Å². The van der Waals surface area contributed by atoms with Crippen LogP contribution in [-0.4, -0.2) is 17.1 Å². The topological polar surface area (TPSA) is 35.0 Å². The number of aromatic nitrogens is 2. The van der Waals surface area contributed by atoms with Crippen LogP contribution in [-0.2, 0) is 0 Å². The van der Waals surface area contributed by atoms with Gasteiger partial charge in [0.15, 0.2) is 0 Å². The second-order valence-electron chi connectivity index (χ2n) is 4.74. The molecule has 0 spiro atoms. The van der Waals surface area contributed by atoms with E-state index < -0.39 is 11.6 Å². The molecule has 0 atom stereocenters. The standard InChI is InChI=1S/C16H11ClF2N2O/c1-8-14(17)13-11(19)6-9(18)7-12(13)21-15(8)10-4-3-5-20-16(10)22-2/h3-7H,1-2H3. The van der Waals surface area contributed by atoms with Crippen molar-refractivity contribution in [1.82, 2.24) is 9.97 Å². The van der Waals surface area contributed by atoms with Crippen LogP contribution in [0.4, 0.5) is 8.78 Å². The van der Waals surface area contributed by atoms with Gasteiger partial charge >= 0.3 is 0 Å². The third-order valence-electron chi connectivity index (χ3n) is 3.39. The molecule has 0 aliphatic heterocycles. The molecule has 0 fully saturated rings. The number of hydrogen-bond donors (Lipinski definition) is 0. The van der Waals surface area contributed by atoms with Crippen molar-refractivity contribution in [2.45, 2.75) is 6.92 Å². The first-order chi connectivity index (χ1) is 10.5. The number of ether oxygens (including phenoxy) is 1. The van der Waals surface area contributed by atoms with Gasteiger partial charge in [-0.25, -0.2) is 18.7 Å². The summed E-state index contributed by atoms with van der Waals surface area (Å²) in [4.78, 5) is 8.46. The lowest BCUT2D eigenvalue weighted by molar-refractivity contribution is 0.399. The van der Waals surface area contributed by atoms with Crippen LogP contribution in [0.5, 0.6) is 5.88 Å². The van der Waals surface area contributed by atoms with Crippen LogP contribution in [0.25, 0.3) is 22.2 Å². The predicted octanol–water partition coefficient (Wildman–Crippen LogP) is 4.55. The second-order valence-corrected chi connectivity index (χ2v) is 5.12. The third kappa shape index (κ3) is 2.27. The van der Waals surface area contributed by atoms with Gasteiger partial charge in [-0.05, 0) is 24.6 Å². The number of halogens is 3. The lowest BCUT2D eigenvalue weighted by Crippen LogP contribution is -1.98.